The molecule has 0 saturated heterocycles. The molecule has 0 aliphatic heterocycles. The molecule has 0 fully saturated rings. The number of nitro groups is 1. The molecule has 5 rings (SSSR count). The van der Waals surface area contributed by atoms with Crippen molar-refractivity contribution in [2.45, 2.75) is 6.54 Å². The fraction of sp³-hybridized carbons (Fsp3) is 0.0455. The summed E-state index contributed by atoms with van der Waals surface area (Å²) in [6.45, 7) is 0.433. The fourth-order valence-corrected chi connectivity index (χ4v) is 4.53. The van der Waals surface area contributed by atoms with Crippen molar-refractivity contribution in [1.29, 1.82) is 0 Å². The van der Waals surface area contributed by atoms with E-state index in [2.05, 4.69) is 22.9 Å². The van der Waals surface area contributed by atoms with Crippen molar-refractivity contribution in [3.05, 3.63) is 94.7 Å². The number of rotatable bonds is 4. The number of benzene rings is 3. The molecule has 0 saturated carbocycles. The van der Waals surface area contributed by atoms with Gasteiger partial charge in [-0.05, 0) is 18.2 Å². The molecule has 0 aliphatic rings. The normalized spacial score (nSPS) is 11.3. The summed E-state index contributed by atoms with van der Waals surface area (Å²) in [4.78, 5) is 15.9. The van der Waals surface area contributed by atoms with Crippen molar-refractivity contribution in [2.75, 3.05) is 0 Å². The largest absolute Gasteiger partial charge is 0.342 e. The van der Waals surface area contributed by atoms with Crippen molar-refractivity contribution >= 4 is 38.1 Å². The van der Waals surface area contributed by atoms with Gasteiger partial charge in [-0.1, -0.05) is 48.5 Å². The maximum Gasteiger partial charge on any atom is 0.274 e. The summed E-state index contributed by atoms with van der Waals surface area (Å²) >= 11 is 1.66. The van der Waals surface area contributed by atoms with Crippen molar-refractivity contribution in [3.63, 3.8) is 0 Å². The van der Waals surface area contributed by atoms with Crippen LogP contribution in [0.3, 0.4) is 0 Å². The summed E-state index contributed by atoms with van der Waals surface area (Å²) in [7, 11) is 0. The first-order valence-corrected chi connectivity index (χ1v) is 9.68. The molecule has 2 heterocycles. The zero-order valence-electron chi connectivity index (χ0n) is 14.8. The zero-order valence-corrected chi connectivity index (χ0v) is 15.6. The molecule has 5 nitrogen and oxygen atoms in total. The van der Waals surface area contributed by atoms with E-state index in [1.165, 1.54) is 0 Å². The highest BCUT2D eigenvalue weighted by molar-refractivity contribution is 7.21. The Balaban J connectivity index is 1.66. The first kappa shape index (κ1) is 16.6. The van der Waals surface area contributed by atoms with E-state index in [-0.39, 0.29) is 10.6 Å². The molecule has 0 unspecified atom stereocenters. The van der Waals surface area contributed by atoms with E-state index in [9.17, 15) is 10.1 Å². The Morgan fingerprint density at radius 2 is 1.71 bits per heavy atom. The van der Waals surface area contributed by atoms with Crippen molar-refractivity contribution in [3.8, 4) is 10.6 Å². The number of para-hydroxylation sites is 3. The van der Waals surface area contributed by atoms with E-state index in [1.54, 1.807) is 23.5 Å². The zero-order chi connectivity index (χ0) is 19.1. The molecule has 6 heteroatoms. The smallest absolute Gasteiger partial charge is 0.274 e. The molecule has 136 valence electrons. The Morgan fingerprint density at radius 1 is 0.964 bits per heavy atom. The number of fused-ring (bicyclic) bond motifs is 2. The number of nitrogens with zero attached hydrogens (tertiary/aromatic N) is 3. The van der Waals surface area contributed by atoms with Crippen molar-refractivity contribution in [2.24, 2.45) is 0 Å². The molecule has 0 radical (unpaired) electrons. The monoisotopic (exact) mass is 385 g/mol. The minimum atomic E-state index is -0.324. The van der Waals surface area contributed by atoms with Crippen LogP contribution in [0.1, 0.15) is 5.56 Å². The minimum absolute atomic E-state index is 0.141. The summed E-state index contributed by atoms with van der Waals surface area (Å²) in [6.07, 6.45) is 2.05. The summed E-state index contributed by atoms with van der Waals surface area (Å²) in [5.74, 6) is 0. The van der Waals surface area contributed by atoms with Gasteiger partial charge in [-0.3, -0.25) is 10.1 Å². The van der Waals surface area contributed by atoms with Crippen LogP contribution in [0.5, 0.6) is 0 Å². The van der Waals surface area contributed by atoms with Crippen LogP contribution in [-0.2, 0) is 6.54 Å². The minimum Gasteiger partial charge on any atom is -0.342 e. The highest BCUT2D eigenvalue weighted by atomic mass is 32.1. The third-order valence-electron chi connectivity index (χ3n) is 4.84. The van der Waals surface area contributed by atoms with Gasteiger partial charge in [0.15, 0.2) is 0 Å². The van der Waals surface area contributed by atoms with Gasteiger partial charge in [-0.25, -0.2) is 4.98 Å². The van der Waals surface area contributed by atoms with Crippen molar-refractivity contribution in [1.82, 2.24) is 9.55 Å². The Kier molecular flexibility index (Phi) is 3.91. The Hall–Kier alpha value is -3.51. The molecule has 0 amide bonds. The number of aromatic nitrogens is 2. The fourth-order valence-electron chi connectivity index (χ4n) is 3.54. The topological polar surface area (TPSA) is 61.0 Å². The lowest BCUT2D eigenvalue weighted by molar-refractivity contribution is -0.385. The second-order valence-electron chi connectivity index (χ2n) is 6.56. The van der Waals surface area contributed by atoms with E-state index in [0.717, 1.165) is 31.7 Å². The summed E-state index contributed by atoms with van der Waals surface area (Å²) in [6, 6.07) is 23.1. The summed E-state index contributed by atoms with van der Waals surface area (Å²) in [5, 5.41) is 13.4. The predicted octanol–water partition coefficient (Wildman–Crippen LogP) is 5.87. The van der Waals surface area contributed by atoms with Crippen LogP contribution in [0.15, 0.2) is 79.0 Å². The van der Waals surface area contributed by atoms with Crippen molar-refractivity contribution < 1.29 is 4.92 Å². The molecule has 0 N–H and O–H groups in total. The average Bonchev–Trinajstić information content (AvgIpc) is 3.30. The van der Waals surface area contributed by atoms with Gasteiger partial charge >= 0.3 is 0 Å². The molecule has 2 aromatic heterocycles. The molecule has 0 atom stereocenters. The Morgan fingerprint density at radius 3 is 2.57 bits per heavy atom. The predicted molar refractivity (Wildman–Crippen MR) is 113 cm³/mol. The van der Waals surface area contributed by atoms with Gasteiger partial charge in [-0.2, -0.15) is 0 Å². The summed E-state index contributed by atoms with van der Waals surface area (Å²) in [5.41, 5.74) is 3.90. The van der Waals surface area contributed by atoms with Gasteiger partial charge in [0.25, 0.3) is 5.69 Å². The number of hydrogen-bond donors (Lipinski definition) is 0. The van der Waals surface area contributed by atoms with E-state index in [0.29, 0.717) is 12.1 Å². The number of nitro benzene ring substituents is 1. The van der Waals surface area contributed by atoms with Gasteiger partial charge in [0.05, 0.1) is 21.7 Å². The highest BCUT2D eigenvalue weighted by Crippen LogP contribution is 2.36. The third-order valence-corrected chi connectivity index (χ3v) is 5.91. The van der Waals surface area contributed by atoms with Crippen LogP contribution in [0.4, 0.5) is 5.69 Å². The molecular formula is C22H15N3O2S. The molecule has 0 spiro atoms. The van der Waals surface area contributed by atoms with Crippen LogP contribution in [0.2, 0.25) is 0 Å². The highest BCUT2D eigenvalue weighted by Gasteiger charge is 2.17. The van der Waals surface area contributed by atoms with Crippen LogP contribution in [-0.4, -0.2) is 14.5 Å². The Labute approximate surface area is 164 Å². The van der Waals surface area contributed by atoms with E-state index < -0.39 is 0 Å². The van der Waals surface area contributed by atoms with Gasteiger partial charge in [0.2, 0.25) is 0 Å². The van der Waals surface area contributed by atoms with Crippen LogP contribution in [0, 0.1) is 10.1 Å². The van der Waals surface area contributed by atoms with E-state index in [1.807, 2.05) is 48.5 Å². The molecule has 0 bridgehead atoms. The molecule has 5 aromatic rings. The van der Waals surface area contributed by atoms with Crippen LogP contribution < -0.4 is 0 Å². The van der Waals surface area contributed by atoms with Gasteiger partial charge in [0, 0.05) is 34.3 Å². The lowest BCUT2D eigenvalue weighted by Gasteiger charge is -2.06. The average molecular weight is 385 g/mol. The van der Waals surface area contributed by atoms with Gasteiger partial charge < -0.3 is 4.57 Å². The number of hydrogen-bond acceptors (Lipinski definition) is 4. The summed E-state index contributed by atoms with van der Waals surface area (Å²) < 4.78 is 3.21. The molecule has 28 heavy (non-hydrogen) atoms. The second-order valence-corrected chi connectivity index (χ2v) is 7.59. The number of thiazole rings is 1. The maximum atomic E-state index is 11.4. The second kappa shape index (κ2) is 6.58. The van der Waals surface area contributed by atoms with Crippen LogP contribution in [0.25, 0.3) is 31.7 Å². The molecular weight excluding hydrogens is 370 g/mol. The third kappa shape index (κ3) is 2.75. The quantitative estimate of drug-likeness (QED) is 0.287. The maximum absolute atomic E-state index is 11.4. The first-order valence-electron chi connectivity index (χ1n) is 8.87. The molecule has 0 aliphatic carbocycles. The van der Waals surface area contributed by atoms with E-state index >= 15 is 0 Å². The van der Waals surface area contributed by atoms with Gasteiger partial charge in [-0.15, -0.1) is 11.3 Å². The standard InChI is InChI=1S/C22H15N3O2S/c26-25(27)19-10-4-1-7-15(19)13-24-14-17(16-8-2-5-11-20(16)24)22-23-18-9-3-6-12-21(18)28-22/h1-12,14H,13H2. The van der Waals surface area contributed by atoms with E-state index in [4.69, 9.17) is 4.98 Å². The molecule has 3 aromatic carbocycles. The first-order chi connectivity index (χ1) is 13.7. The lowest BCUT2D eigenvalue weighted by atomic mass is 10.1. The SMILES string of the molecule is O=[N+]([O-])c1ccccc1Cn1cc(-c2nc3ccccc3s2)c2ccccc21. The Bertz CT molecular complexity index is 1300. The lowest BCUT2D eigenvalue weighted by Crippen LogP contribution is -2.01. The van der Waals surface area contributed by atoms with Gasteiger partial charge in [0.1, 0.15) is 5.01 Å². The van der Waals surface area contributed by atoms with Crippen LogP contribution >= 0.6 is 11.3 Å².